The van der Waals surface area contributed by atoms with E-state index in [9.17, 15) is 4.79 Å². The second-order valence-electron chi connectivity index (χ2n) is 5.39. The summed E-state index contributed by atoms with van der Waals surface area (Å²) in [5.74, 6) is 0.209. The smallest absolute Gasteiger partial charge is 0.255 e. The van der Waals surface area contributed by atoms with Crippen molar-refractivity contribution in [2.75, 3.05) is 5.32 Å². The van der Waals surface area contributed by atoms with Crippen LogP contribution >= 0.6 is 0 Å². The molecule has 0 fully saturated rings. The number of hydrogen-bond donors (Lipinski definition) is 2. The monoisotopic (exact) mass is 283 g/mol. The molecule has 1 heterocycles. The molecule has 2 aromatic rings. The summed E-state index contributed by atoms with van der Waals surface area (Å²) in [6, 6.07) is 9.48. The number of nitrogens with two attached hydrogens (primary N) is 1. The first kappa shape index (κ1) is 15.2. The molecule has 0 bridgehead atoms. The van der Waals surface area contributed by atoms with Crippen molar-refractivity contribution in [1.82, 2.24) is 4.98 Å². The Morgan fingerprint density at radius 3 is 2.76 bits per heavy atom. The van der Waals surface area contributed by atoms with Gasteiger partial charge in [0.05, 0.1) is 5.69 Å². The quantitative estimate of drug-likeness (QED) is 0.905. The Morgan fingerprint density at radius 2 is 2.10 bits per heavy atom. The molecule has 1 aromatic carbocycles. The molecule has 0 radical (unpaired) electrons. The molecule has 0 unspecified atom stereocenters. The van der Waals surface area contributed by atoms with Gasteiger partial charge in [0.25, 0.3) is 5.91 Å². The highest BCUT2D eigenvalue weighted by molar-refractivity contribution is 6.05. The number of rotatable bonds is 4. The number of aromatic nitrogens is 1. The molecule has 0 spiro atoms. The van der Waals surface area contributed by atoms with Gasteiger partial charge in [-0.2, -0.15) is 0 Å². The third-order valence-electron chi connectivity index (χ3n) is 3.45. The molecule has 0 saturated heterocycles. The van der Waals surface area contributed by atoms with E-state index in [2.05, 4.69) is 24.1 Å². The van der Waals surface area contributed by atoms with Crippen LogP contribution in [0.4, 0.5) is 5.69 Å². The van der Waals surface area contributed by atoms with E-state index in [4.69, 9.17) is 5.73 Å². The zero-order valence-corrected chi connectivity index (χ0v) is 12.7. The second-order valence-corrected chi connectivity index (χ2v) is 5.39. The molecule has 0 aliphatic rings. The van der Waals surface area contributed by atoms with E-state index in [0.717, 1.165) is 16.8 Å². The Morgan fingerprint density at radius 1 is 1.33 bits per heavy atom. The number of aryl methyl sites for hydroxylation is 1. The molecule has 110 valence electrons. The van der Waals surface area contributed by atoms with Gasteiger partial charge in [-0.1, -0.05) is 32.0 Å². The van der Waals surface area contributed by atoms with Crippen LogP contribution in [-0.2, 0) is 6.54 Å². The number of para-hydroxylation sites is 1. The number of carbonyl (C=O) groups excluding carboxylic acids is 1. The van der Waals surface area contributed by atoms with Crippen molar-refractivity contribution >= 4 is 11.6 Å². The average Bonchev–Trinajstić information content (AvgIpc) is 2.49. The van der Waals surface area contributed by atoms with Crippen LogP contribution in [0.15, 0.2) is 36.5 Å². The normalized spacial score (nSPS) is 10.7. The third kappa shape index (κ3) is 3.47. The third-order valence-corrected chi connectivity index (χ3v) is 3.45. The minimum absolute atomic E-state index is 0.136. The maximum atomic E-state index is 12.4. The van der Waals surface area contributed by atoms with Gasteiger partial charge in [-0.25, -0.2) is 0 Å². The van der Waals surface area contributed by atoms with Gasteiger partial charge in [0, 0.05) is 24.0 Å². The van der Waals surface area contributed by atoms with Crippen molar-refractivity contribution < 1.29 is 4.79 Å². The summed E-state index contributed by atoms with van der Waals surface area (Å²) in [6.45, 7) is 6.55. The molecule has 1 aromatic heterocycles. The molecule has 2 rings (SSSR count). The van der Waals surface area contributed by atoms with Gasteiger partial charge >= 0.3 is 0 Å². The van der Waals surface area contributed by atoms with E-state index >= 15 is 0 Å². The van der Waals surface area contributed by atoms with Gasteiger partial charge in [-0.15, -0.1) is 0 Å². The number of nitrogens with one attached hydrogen (secondary N) is 1. The lowest BCUT2D eigenvalue weighted by atomic mass is 9.98. The minimum Gasteiger partial charge on any atom is -0.325 e. The number of anilines is 1. The highest BCUT2D eigenvalue weighted by Gasteiger charge is 2.13. The Bertz CT molecular complexity index is 650. The molecule has 0 aliphatic carbocycles. The molecule has 21 heavy (non-hydrogen) atoms. The van der Waals surface area contributed by atoms with Crippen molar-refractivity contribution in [3.8, 4) is 0 Å². The predicted molar refractivity (Wildman–Crippen MR) is 85.3 cm³/mol. The summed E-state index contributed by atoms with van der Waals surface area (Å²) in [4.78, 5) is 16.5. The van der Waals surface area contributed by atoms with E-state index in [1.54, 1.807) is 18.3 Å². The second kappa shape index (κ2) is 6.50. The number of carbonyl (C=O) groups is 1. The van der Waals surface area contributed by atoms with Gasteiger partial charge in [0.2, 0.25) is 0 Å². The lowest BCUT2D eigenvalue weighted by Gasteiger charge is -2.16. The van der Waals surface area contributed by atoms with Gasteiger partial charge in [0.1, 0.15) is 0 Å². The van der Waals surface area contributed by atoms with Crippen LogP contribution in [0.5, 0.6) is 0 Å². The first-order chi connectivity index (χ1) is 10.0. The molecular formula is C17H21N3O. The Labute approximate surface area is 125 Å². The topological polar surface area (TPSA) is 68.0 Å². The summed E-state index contributed by atoms with van der Waals surface area (Å²) in [6.07, 6.45) is 1.61. The van der Waals surface area contributed by atoms with E-state index in [1.165, 1.54) is 0 Å². The van der Waals surface area contributed by atoms with E-state index in [-0.39, 0.29) is 5.91 Å². The zero-order chi connectivity index (χ0) is 15.4. The number of amides is 1. The largest absolute Gasteiger partial charge is 0.325 e. The molecule has 0 aliphatic heterocycles. The Kier molecular flexibility index (Phi) is 4.70. The lowest BCUT2D eigenvalue weighted by Crippen LogP contribution is -2.15. The first-order valence-electron chi connectivity index (χ1n) is 7.08. The van der Waals surface area contributed by atoms with E-state index in [0.29, 0.717) is 23.7 Å². The van der Waals surface area contributed by atoms with Crippen LogP contribution in [0.1, 0.15) is 46.9 Å². The lowest BCUT2D eigenvalue weighted by molar-refractivity contribution is 0.102. The zero-order valence-electron chi connectivity index (χ0n) is 12.7. The molecular weight excluding hydrogens is 262 g/mol. The highest BCUT2D eigenvalue weighted by Crippen LogP contribution is 2.27. The van der Waals surface area contributed by atoms with Crippen LogP contribution in [0.3, 0.4) is 0 Å². The molecule has 3 N–H and O–H groups in total. The fourth-order valence-corrected chi connectivity index (χ4v) is 2.26. The van der Waals surface area contributed by atoms with Crippen LogP contribution in [-0.4, -0.2) is 10.9 Å². The number of benzene rings is 1. The van der Waals surface area contributed by atoms with Crippen molar-refractivity contribution in [2.24, 2.45) is 5.73 Å². The SMILES string of the molecule is Cc1cccc(C(C)C)c1NC(=O)c1ccnc(CN)c1. The summed E-state index contributed by atoms with van der Waals surface area (Å²) < 4.78 is 0. The van der Waals surface area contributed by atoms with Crippen LogP contribution in [0.25, 0.3) is 0 Å². The van der Waals surface area contributed by atoms with Gasteiger partial charge < -0.3 is 11.1 Å². The average molecular weight is 283 g/mol. The molecule has 0 saturated carbocycles. The van der Waals surface area contributed by atoms with Gasteiger partial charge in [-0.05, 0) is 36.1 Å². The van der Waals surface area contributed by atoms with Crippen LogP contribution in [0, 0.1) is 6.92 Å². The number of nitrogens with zero attached hydrogens (tertiary/aromatic N) is 1. The number of hydrogen-bond acceptors (Lipinski definition) is 3. The highest BCUT2D eigenvalue weighted by atomic mass is 16.1. The summed E-state index contributed by atoms with van der Waals surface area (Å²) in [5, 5.41) is 3.02. The van der Waals surface area contributed by atoms with Crippen molar-refractivity contribution in [1.29, 1.82) is 0 Å². The van der Waals surface area contributed by atoms with Crippen molar-refractivity contribution in [2.45, 2.75) is 33.2 Å². The van der Waals surface area contributed by atoms with Gasteiger partial charge in [0.15, 0.2) is 0 Å². The van der Waals surface area contributed by atoms with Gasteiger partial charge in [-0.3, -0.25) is 9.78 Å². The molecule has 1 amide bonds. The maximum Gasteiger partial charge on any atom is 0.255 e. The standard InChI is InChI=1S/C17H21N3O/c1-11(2)15-6-4-5-12(3)16(15)20-17(21)13-7-8-19-14(9-13)10-18/h4-9,11H,10,18H2,1-3H3,(H,20,21). The Hall–Kier alpha value is -2.20. The van der Waals surface area contributed by atoms with Crippen LogP contribution < -0.4 is 11.1 Å². The molecule has 4 nitrogen and oxygen atoms in total. The molecule has 0 atom stereocenters. The molecule has 4 heteroatoms. The Balaban J connectivity index is 2.31. The van der Waals surface area contributed by atoms with Crippen molar-refractivity contribution in [3.63, 3.8) is 0 Å². The fraction of sp³-hybridized carbons (Fsp3) is 0.294. The fourth-order valence-electron chi connectivity index (χ4n) is 2.26. The maximum absolute atomic E-state index is 12.4. The van der Waals surface area contributed by atoms with Crippen molar-refractivity contribution in [3.05, 3.63) is 58.9 Å². The first-order valence-corrected chi connectivity index (χ1v) is 7.08. The summed E-state index contributed by atoms with van der Waals surface area (Å²) >= 11 is 0. The minimum atomic E-state index is -0.136. The van der Waals surface area contributed by atoms with E-state index < -0.39 is 0 Å². The summed E-state index contributed by atoms with van der Waals surface area (Å²) in [5.41, 5.74) is 9.93. The van der Waals surface area contributed by atoms with E-state index in [1.807, 2.05) is 25.1 Å². The van der Waals surface area contributed by atoms with Crippen LogP contribution in [0.2, 0.25) is 0 Å². The number of pyridine rings is 1. The summed E-state index contributed by atoms with van der Waals surface area (Å²) in [7, 11) is 0. The predicted octanol–water partition coefficient (Wildman–Crippen LogP) is 3.22.